The summed E-state index contributed by atoms with van der Waals surface area (Å²) in [6, 6.07) is 7.10. The number of nitrogens with two attached hydrogens (primary N) is 1. The van der Waals surface area contributed by atoms with E-state index >= 15 is 0 Å². The number of nitrogen functional groups attached to an aromatic ring is 1. The molecule has 0 amide bonds. The molecule has 0 aliphatic heterocycles. The third-order valence-corrected chi connectivity index (χ3v) is 1.90. The van der Waals surface area contributed by atoms with Crippen LogP contribution in [0.3, 0.4) is 0 Å². The number of hydrogen-bond acceptors (Lipinski definition) is 3. The van der Waals surface area contributed by atoms with Crippen LogP contribution in [0.2, 0.25) is 0 Å². The second-order valence-electron chi connectivity index (χ2n) is 2.99. The summed E-state index contributed by atoms with van der Waals surface area (Å²) in [6.45, 7) is 0. The fourth-order valence-electron chi connectivity index (χ4n) is 1.23. The molecule has 0 fully saturated rings. The van der Waals surface area contributed by atoms with Gasteiger partial charge in [0.15, 0.2) is 0 Å². The molecule has 0 saturated heterocycles. The van der Waals surface area contributed by atoms with E-state index in [2.05, 4.69) is 5.10 Å². The fraction of sp³-hybridized carbons (Fsp3) is 0. The Balaban J connectivity index is 2.65. The molecule has 2 aromatic rings. The van der Waals surface area contributed by atoms with E-state index in [4.69, 9.17) is 5.73 Å². The molecule has 1 aromatic carbocycles. The van der Waals surface area contributed by atoms with Crippen molar-refractivity contribution < 1.29 is 4.39 Å². The van der Waals surface area contributed by atoms with Gasteiger partial charge in [-0.1, -0.05) is 12.1 Å². The molecule has 5 heteroatoms. The number of para-hydroxylation sites is 1. The number of nitrogens with zero attached hydrogens (tertiary/aromatic N) is 2. The molecular formula is C10H8FN3O. The van der Waals surface area contributed by atoms with Gasteiger partial charge in [-0.25, -0.2) is 4.39 Å². The van der Waals surface area contributed by atoms with E-state index in [1.807, 2.05) is 0 Å². The van der Waals surface area contributed by atoms with Crippen molar-refractivity contribution in [2.24, 2.45) is 0 Å². The lowest BCUT2D eigenvalue weighted by Gasteiger charge is -2.04. The number of anilines is 1. The van der Waals surface area contributed by atoms with Crippen molar-refractivity contribution >= 4 is 5.69 Å². The maximum absolute atomic E-state index is 13.3. The Kier molecular flexibility index (Phi) is 2.21. The summed E-state index contributed by atoms with van der Waals surface area (Å²) >= 11 is 0. The molecular weight excluding hydrogens is 197 g/mol. The molecule has 0 aliphatic rings. The van der Waals surface area contributed by atoms with Crippen LogP contribution in [0, 0.1) is 5.82 Å². The largest absolute Gasteiger partial charge is 0.397 e. The van der Waals surface area contributed by atoms with E-state index in [9.17, 15) is 9.18 Å². The average molecular weight is 205 g/mol. The lowest BCUT2D eigenvalue weighted by molar-refractivity contribution is 0.605. The third-order valence-electron chi connectivity index (χ3n) is 1.90. The van der Waals surface area contributed by atoms with Crippen molar-refractivity contribution in [1.82, 2.24) is 9.78 Å². The molecule has 0 saturated carbocycles. The van der Waals surface area contributed by atoms with Gasteiger partial charge in [0, 0.05) is 6.07 Å². The molecule has 0 unspecified atom stereocenters. The highest BCUT2D eigenvalue weighted by Crippen LogP contribution is 2.08. The molecule has 76 valence electrons. The molecule has 15 heavy (non-hydrogen) atoms. The Labute approximate surface area is 84.8 Å². The first kappa shape index (κ1) is 9.39. The maximum Gasteiger partial charge on any atom is 0.273 e. The normalized spacial score (nSPS) is 10.2. The monoisotopic (exact) mass is 205 g/mol. The van der Waals surface area contributed by atoms with Gasteiger partial charge in [-0.2, -0.15) is 9.78 Å². The van der Waals surface area contributed by atoms with Crippen molar-refractivity contribution in [1.29, 1.82) is 0 Å². The van der Waals surface area contributed by atoms with Crippen LogP contribution in [-0.2, 0) is 0 Å². The molecule has 0 aliphatic carbocycles. The van der Waals surface area contributed by atoms with Crippen LogP contribution in [0.5, 0.6) is 0 Å². The Morgan fingerprint density at radius 2 is 2.07 bits per heavy atom. The van der Waals surface area contributed by atoms with Gasteiger partial charge >= 0.3 is 0 Å². The summed E-state index contributed by atoms with van der Waals surface area (Å²) in [5.41, 5.74) is 5.29. The molecule has 0 atom stereocenters. The Hall–Kier alpha value is -2.17. The van der Waals surface area contributed by atoms with Crippen LogP contribution in [0.25, 0.3) is 5.69 Å². The van der Waals surface area contributed by atoms with Crippen LogP contribution in [0.15, 0.2) is 41.3 Å². The zero-order valence-electron chi connectivity index (χ0n) is 7.72. The zero-order chi connectivity index (χ0) is 10.8. The van der Waals surface area contributed by atoms with Crippen molar-refractivity contribution in [2.45, 2.75) is 0 Å². The summed E-state index contributed by atoms with van der Waals surface area (Å²) in [6.07, 6.45) is 1.30. The topological polar surface area (TPSA) is 60.9 Å². The highest BCUT2D eigenvalue weighted by molar-refractivity contribution is 5.36. The SMILES string of the molecule is Nc1cnn(-c2ccccc2F)c(=O)c1. The molecule has 0 radical (unpaired) electrons. The van der Waals surface area contributed by atoms with Crippen LogP contribution in [-0.4, -0.2) is 9.78 Å². The molecule has 0 bridgehead atoms. The van der Waals surface area contributed by atoms with Gasteiger partial charge < -0.3 is 5.73 Å². The second-order valence-corrected chi connectivity index (χ2v) is 2.99. The number of benzene rings is 1. The van der Waals surface area contributed by atoms with Crippen LogP contribution in [0.4, 0.5) is 10.1 Å². The number of rotatable bonds is 1. The van der Waals surface area contributed by atoms with Gasteiger partial charge in [-0.15, -0.1) is 0 Å². The lowest BCUT2D eigenvalue weighted by atomic mass is 10.3. The van der Waals surface area contributed by atoms with Gasteiger partial charge in [0.1, 0.15) is 11.5 Å². The summed E-state index contributed by atoms with van der Waals surface area (Å²) in [7, 11) is 0. The molecule has 2 N–H and O–H groups in total. The van der Waals surface area contributed by atoms with Gasteiger partial charge in [0.25, 0.3) is 5.56 Å². The maximum atomic E-state index is 13.3. The highest BCUT2D eigenvalue weighted by Gasteiger charge is 2.05. The summed E-state index contributed by atoms with van der Waals surface area (Å²) in [4.78, 5) is 11.4. The number of halogens is 1. The quantitative estimate of drug-likeness (QED) is 0.754. The minimum absolute atomic E-state index is 0.113. The highest BCUT2D eigenvalue weighted by atomic mass is 19.1. The average Bonchev–Trinajstić information content (AvgIpc) is 2.20. The smallest absolute Gasteiger partial charge is 0.273 e. The molecule has 4 nitrogen and oxygen atoms in total. The first-order chi connectivity index (χ1) is 7.18. The minimum atomic E-state index is -0.503. The summed E-state index contributed by atoms with van der Waals surface area (Å²) in [5.74, 6) is -0.503. The molecule has 1 heterocycles. The Morgan fingerprint density at radius 1 is 1.33 bits per heavy atom. The number of hydrogen-bond donors (Lipinski definition) is 1. The van der Waals surface area contributed by atoms with Crippen LogP contribution >= 0.6 is 0 Å². The lowest BCUT2D eigenvalue weighted by Crippen LogP contribution is -2.21. The fourth-order valence-corrected chi connectivity index (χ4v) is 1.23. The Bertz CT molecular complexity index is 550. The van der Waals surface area contributed by atoms with E-state index in [-0.39, 0.29) is 11.4 Å². The van der Waals surface area contributed by atoms with E-state index in [0.29, 0.717) is 0 Å². The molecule has 0 spiro atoms. The second kappa shape index (κ2) is 3.53. The van der Waals surface area contributed by atoms with Crippen molar-refractivity contribution in [3.05, 3.63) is 52.7 Å². The van der Waals surface area contributed by atoms with E-state index in [1.54, 1.807) is 12.1 Å². The van der Waals surface area contributed by atoms with Gasteiger partial charge in [0.2, 0.25) is 0 Å². The van der Waals surface area contributed by atoms with E-state index in [0.717, 1.165) is 4.68 Å². The van der Waals surface area contributed by atoms with Crippen molar-refractivity contribution in [3.63, 3.8) is 0 Å². The van der Waals surface area contributed by atoms with E-state index in [1.165, 1.54) is 24.4 Å². The molecule has 2 rings (SSSR count). The predicted octanol–water partition coefficient (Wildman–Crippen LogP) is 0.954. The first-order valence-corrected chi connectivity index (χ1v) is 4.28. The van der Waals surface area contributed by atoms with Gasteiger partial charge in [-0.05, 0) is 12.1 Å². The first-order valence-electron chi connectivity index (χ1n) is 4.28. The predicted molar refractivity (Wildman–Crippen MR) is 54.2 cm³/mol. The van der Waals surface area contributed by atoms with Crippen LogP contribution < -0.4 is 11.3 Å². The number of aromatic nitrogens is 2. The van der Waals surface area contributed by atoms with Crippen molar-refractivity contribution in [2.75, 3.05) is 5.73 Å². The van der Waals surface area contributed by atoms with Crippen LogP contribution in [0.1, 0.15) is 0 Å². The third kappa shape index (κ3) is 1.71. The van der Waals surface area contributed by atoms with Crippen molar-refractivity contribution in [3.8, 4) is 5.69 Å². The Morgan fingerprint density at radius 3 is 2.73 bits per heavy atom. The van der Waals surface area contributed by atoms with Gasteiger partial charge in [-0.3, -0.25) is 4.79 Å². The zero-order valence-corrected chi connectivity index (χ0v) is 7.72. The summed E-state index contributed by atoms with van der Waals surface area (Å²) < 4.78 is 14.3. The van der Waals surface area contributed by atoms with Gasteiger partial charge in [0.05, 0.1) is 11.9 Å². The standard InChI is InChI=1S/C10H8FN3O/c11-8-3-1-2-4-9(8)14-10(15)5-7(12)6-13-14/h1-6H,12H2. The minimum Gasteiger partial charge on any atom is -0.397 e. The van der Waals surface area contributed by atoms with E-state index < -0.39 is 11.4 Å². The summed E-state index contributed by atoms with van der Waals surface area (Å²) in [5, 5.41) is 3.75. The molecule has 1 aromatic heterocycles.